The number of unbranched alkanes of at least 4 members (excludes halogenated alkanes) is 12. The van der Waals surface area contributed by atoms with E-state index >= 15 is 0 Å². The Kier molecular flexibility index (Phi) is 9.56. The van der Waals surface area contributed by atoms with Crippen LogP contribution in [-0.2, 0) is 6.42 Å². The zero-order valence-corrected chi connectivity index (χ0v) is 21.4. The maximum absolute atomic E-state index is 13.1. The predicted octanol–water partition coefficient (Wildman–Crippen LogP) is 8.48. The monoisotopic (exact) mass is 471 g/mol. The van der Waals surface area contributed by atoms with Crippen molar-refractivity contribution in [1.29, 1.82) is 0 Å². The molecule has 0 amide bonds. The van der Waals surface area contributed by atoms with Gasteiger partial charge in [-0.15, -0.1) is 0 Å². The summed E-state index contributed by atoms with van der Waals surface area (Å²) in [6, 6.07) is 18.1. The summed E-state index contributed by atoms with van der Waals surface area (Å²) in [4.78, 5) is 21.1. The first-order valence-electron chi connectivity index (χ1n) is 13.9. The Labute approximate surface area is 209 Å². The van der Waals surface area contributed by atoms with Crippen LogP contribution in [0, 0.1) is 0 Å². The highest BCUT2D eigenvalue weighted by Gasteiger charge is 2.18. The maximum atomic E-state index is 13.1. The molecule has 0 saturated heterocycles. The molecule has 4 heteroatoms. The summed E-state index contributed by atoms with van der Waals surface area (Å²) in [6.07, 6.45) is 18.4. The van der Waals surface area contributed by atoms with E-state index in [1.165, 1.54) is 77.0 Å². The summed E-state index contributed by atoms with van der Waals surface area (Å²) >= 11 is 0. The van der Waals surface area contributed by atoms with Crippen molar-refractivity contribution in [3.8, 4) is 11.3 Å². The van der Waals surface area contributed by atoms with E-state index in [0.29, 0.717) is 5.52 Å². The van der Waals surface area contributed by atoms with Gasteiger partial charge in [-0.3, -0.25) is 9.20 Å². The molecule has 0 radical (unpaired) electrons. The van der Waals surface area contributed by atoms with E-state index < -0.39 is 0 Å². The zero-order valence-electron chi connectivity index (χ0n) is 21.4. The van der Waals surface area contributed by atoms with Gasteiger partial charge in [-0.2, -0.15) is 0 Å². The standard InChI is InChI=1S/C31H41N3O/c1-2-3-4-5-6-7-8-9-10-11-12-13-17-24-28-33-29(25-20-15-14-16-21-25)30-31(35)32-26-22-18-19-23-27(26)34(28)30/h14-16,18-23H,2-13,17,24H2,1H3,(H,32,35). The normalized spacial score (nSPS) is 11.6. The number of nitrogens with zero attached hydrogens (tertiary/aromatic N) is 2. The topological polar surface area (TPSA) is 50.2 Å². The average molecular weight is 472 g/mol. The van der Waals surface area contributed by atoms with Crippen LogP contribution in [0.1, 0.15) is 96.2 Å². The van der Waals surface area contributed by atoms with Crippen molar-refractivity contribution in [3.05, 3.63) is 70.8 Å². The zero-order chi connectivity index (χ0) is 24.3. The lowest BCUT2D eigenvalue weighted by atomic mass is 10.0. The number of aryl methyl sites for hydroxylation is 1. The third-order valence-corrected chi connectivity index (χ3v) is 7.11. The van der Waals surface area contributed by atoms with Crippen LogP contribution in [0.4, 0.5) is 0 Å². The van der Waals surface area contributed by atoms with E-state index in [-0.39, 0.29) is 5.56 Å². The number of para-hydroxylation sites is 2. The Hall–Kier alpha value is -2.88. The predicted molar refractivity (Wildman–Crippen MR) is 148 cm³/mol. The number of aromatic nitrogens is 3. The molecule has 4 nitrogen and oxygen atoms in total. The molecule has 0 aliphatic carbocycles. The molecule has 0 saturated carbocycles. The molecule has 0 aliphatic rings. The molecule has 0 atom stereocenters. The van der Waals surface area contributed by atoms with E-state index in [1.54, 1.807) is 0 Å². The Bertz CT molecular complexity index is 1240. The van der Waals surface area contributed by atoms with Crippen LogP contribution >= 0.6 is 0 Å². The van der Waals surface area contributed by atoms with Crippen molar-refractivity contribution in [2.24, 2.45) is 0 Å². The molecule has 2 aromatic heterocycles. The van der Waals surface area contributed by atoms with Gasteiger partial charge in [0.05, 0.1) is 11.0 Å². The number of fused-ring (bicyclic) bond motifs is 3. The van der Waals surface area contributed by atoms with Crippen LogP contribution in [0.5, 0.6) is 0 Å². The first-order chi connectivity index (χ1) is 17.3. The Morgan fingerprint density at radius 3 is 1.94 bits per heavy atom. The minimum atomic E-state index is -0.0772. The minimum absolute atomic E-state index is 0.0772. The summed E-state index contributed by atoms with van der Waals surface area (Å²) in [7, 11) is 0. The van der Waals surface area contributed by atoms with Crippen molar-refractivity contribution in [2.45, 2.75) is 96.8 Å². The van der Waals surface area contributed by atoms with Gasteiger partial charge in [0.25, 0.3) is 5.56 Å². The van der Waals surface area contributed by atoms with Gasteiger partial charge < -0.3 is 4.98 Å². The molecule has 4 aromatic rings. The molecule has 2 heterocycles. The third-order valence-electron chi connectivity index (χ3n) is 7.11. The van der Waals surface area contributed by atoms with Crippen molar-refractivity contribution in [1.82, 2.24) is 14.4 Å². The summed E-state index contributed by atoms with van der Waals surface area (Å²) < 4.78 is 2.09. The second-order valence-corrected chi connectivity index (χ2v) is 9.89. The molecule has 186 valence electrons. The highest BCUT2D eigenvalue weighted by molar-refractivity contribution is 5.85. The second-order valence-electron chi connectivity index (χ2n) is 9.89. The smallest absolute Gasteiger partial charge is 0.275 e. The van der Waals surface area contributed by atoms with Gasteiger partial charge in [-0.25, -0.2) is 4.98 Å². The summed E-state index contributed by atoms with van der Waals surface area (Å²) in [5.74, 6) is 0.990. The van der Waals surface area contributed by atoms with Crippen LogP contribution in [0.25, 0.3) is 27.8 Å². The molecular formula is C31H41N3O. The highest BCUT2D eigenvalue weighted by atomic mass is 16.1. The molecule has 0 bridgehead atoms. The Balaban J connectivity index is 1.34. The van der Waals surface area contributed by atoms with E-state index in [1.807, 2.05) is 48.5 Å². The minimum Gasteiger partial charge on any atom is -0.319 e. The number of hydrogen-bond acceptors (Lipinski definition) is 2. The number of benzene rings is 2. The van der Waals surface area contributed by atoms with Gasteiger partial charge in [-0.1, -0.05) is 126 Å². The van der Waals surface area contributed by atoms with Gasteiger partial charge in [0.15, 0.2) is 0 Å². The number of hydrogen-bond donors (Lipinski definition) is 1. The van der Waals surface area contributed by atoms with Crippen molar-refractivity contribution >= 4 is 16.6 Å². The van der Waals surface area contributed by atoms with E-state index in [2.05, 4.69) is 22.4 Å². The lowest BCUT2D eigenvalue weighted by molar-refractivity contribution is 0.538. The van der Waals surface area contributed by atoms with Crippen molar-refractivity contribution in [2.75, 3.05) is 0 Å². The second kappa shape index (κ2) is 13.3. The van der Waals surface area contributed by atoms with E-state index in [9.17, 15) is 4.79 Å². The van der Waals surface area contributed by atoms with E-state index in [0.717, 1.165) is 41.0 Å². The van der Waals surface area contributed by atoms with Gasteiger partial charge in [-0.05, 0) is 18.6 Å². The Morgan fingerprint density at radius 1 is 0.714 bits per heavy atom. The highest BCUT2D eigenvalue weighted by Crippen LogP contribution is 2.26. The van der Waals surface area contributed by atoms with Gasteiger partial charge in [0, 0.05) is 12.0 Å². The van der Waals surface area contributed by atoms with E-state index in [4.69, 9.17) is 4.98 Å². The number of aromatic amines is 1. The van der Waals surface area contributed by atoms with Gasteiger partial charge in [0.1, 0.15) is 17.0 Å². The molecule has 0 fully saturated rings. The first-order valence-corrected chi connectivity index (χ1v) is 13.9. The molecule has 0 spiro atoms. The fraction of sp³-hybridized carbons (Fsp3) is 0.484. The first kappa shape index (κ1) is 25.2. The van der Waals surface area contributed by atoms with Crippen LogP contribution in [0.2, 0.25) is 0 Å². The van der Waals surface area contributed by atoms with Crippen LogP contribution < -0.4 is 5.56 Å². The van der Waals surface area contributed by atoms with Crippen molar-refractivity contribution in [3.63, 3.8) is 0 Å². The van der Waals surface area contributed by atoms with Gasteiger partial charge >= 0.3 is 0 Å². The lowest BCUT2D eigenvalue weighted by Crippen LogP contribution is -2.11. The number of imidazole rings is 1. The van der Waals surface area contributed by atoms with Gasteiger partial charge in [0.2, 0.25) is 0 Å². The maximum Gasteiger partial charge on any atom is 0.275 e. The number of rotatable bonds is 15. The molecule has 0 unspecified atom stereocenters. The molecule has 0 aliphatic heterocycles. The van der Waals surface area contributed by atoms with Crippen LogP contribution in [0.15, 0.2) is 59.4 Å². The van der Waals surface area contributed by atoms with Crippen molar-refractivity contribution < 1.29 is 0 Å². The molecule has 4 rings (SSSR count). The molecule has 35 heavy (non-hydrogen) atoms. The van der Waals surface area contributed by atoms with Crippen LogP contribution in [-0.4, -0.2) is 14.4 Å². The molecule has 1 N–H and O–H groups in total. The third kappa shape index (κ3) is 6.62. The quantitative estimate of drug-likeness (QED) is 0.177. The summed E-state index contributed by atoms with van der Waals surface area (Å²) in [5.41, 5.74) is 4.21. The fourth-order valence-electron chi connectivity index (χ4n) is 5.16. The Morgan fingerprint density at radius 2 is 1.29 bits per heavy atom. The molecule has 2 aromatic carbocycles. The number of nitrogens with one attached hydrogen (secondary N) is 1. The van der Waals surface area contributed by atoms with Crippen LogP contribution in [0.3, 0.4) is 0 Å². The lowest BCUT2D eigenvalue weighted by Gasteiger charge is -2.06. The summed E-state index contributed by atoms with van der Waals surface area (Å²) in [6.45, 7) is 2.28. The fourth-order valence-corrected chi connectivity index (χ4v) is 5.16. The molecular weight excluding hydrogens is 430 g/mol. The average Bonchev–Trinajstić information content (AvgIpc) is 3.28. The summed E-state index contributed by atoms with van der Waals surface area (Å²) in [5, 5.41) is 0. The largest absolute Gasteiger partial charge is 0.319 e. The number of H-pyrrole nitrogens is 1. The SMILES string of the molecule is CCCCCCCCCCCCCCCc1nc(-c2ccccc2)c2c(=O)[nH]c3ccccc3n12.